The van der Waals surface area contributed by atoms with E-state index in [1.807, 2.05) is 13.0 Å². The fourth-order valence-electron chi connectivity index (χ4n) is 5.03. The van der Waals surface area contributed by atoms with Crippen molar-refractivity contribution in [3.05, 3.63) is 36.0 Å². The second-order valence-electron chi connectivity index (χ2n) is 9.04. The maximum absolute atomic E-state index is 12.4. The van der Waals surface area contributed by atoms with Gasteiger partial charge in [-0.2, -0.15) is 5.10 Å². The lowest BCUT2D eigenvalue weighted by Crippen LogP contribution is -2.65. The van der Waals surface area contributed by atoms with Gasteiger partial charge in [0.25, 0.3) is 0 Å². The van der Waals surface area contributed by atoms with E-state index in [1.165, 1.54) is 12.1 Å². The monoisotopic (exact) mass is 481 g/mol. The number of piperazine rings is 1. The number of ether oxygens (including phenoxy) is 3. The van der Waals surface area contributed by atoms with E-state index >= 15 is 0 Å². The molecule has 8 nitrogen and oxygen atoms in total. The summed E-state index contributed by atoms with van der Waals surface area (Å²) in [5.74, 6) is 0.625. The number of halogens is 3. The Morgan fingerprint density at radius 3 is 2.32 bits per heavy atom. The van der Waals surface area contributed by atoms with Crippen LogP contribution in [-0.4, -0.2) is 104 Å². The summed E-state index contributed by atoms with van der Waals surface area (Å²) >= 11 is 0. The van der Waals surface area contributed by atoms with Crippen molar-refractivity contribution < 1.29 is 27.4 Å². The van der Waals surface area contributed by atoms with Crippen LogP contribution < -0.4 is 9.64 Å². The fourth-order valence-corrected chi connectivity index (χ4v) is 5.03. The van der Waals surface area contributed by atoms with Crippen molar-refractivity contribution in [1.29, 1.82) is 0 Å². The summed E-state index contributed by atoms with van der Waals surface area (Å²) < 4.78 is 54.4. The topological polar surface area (TPSA) is 55.2 Å². The van der Waals surface area contributed by atoms with Crippen LogP contribution in [0.15, 0.2) is 30.3 Å². The maximum atomic E-state index is 12.4. The smallest absolute Gasteiger partial charge is 0.406 e. The molecule has 2 unspecified atom stereocenters. The van der Waals surface area contributed by atoms with Gasteiger partial charge in [0.15, 0.2) is 5.82 Å². The van der Waals surface area contributed by atoms with Gasteiger partial charge in [-0.1, -0.05) is 0 Å². The standard InChI is InChI=1S/C23H30F3N5O3/c1-17-12-22(27-31(17)18-2-4-21(5-3-18)34-23(24,25)26)29-13-19-15-33-16-20(14-29)30(19)7-6-28-8-10-32-11-9-28/h2-5,12,19-20H,6-11,13-16H2,1H3. The van der Waals surface area contributed by atoms with E-state index in [0.717, 1.165) is 64.0 Å². The highest BCUT2D eigenvalue weighted by molar-refractivity contribution is 5.46. The Balaban J connectivity index is 1.25. The first-order valence-electron chi connectivity index (χ1n) is 11.7. The highest BCUT2D eigenvalue weighted by Gasteiger charge is 2.39. The molecule has 3 aliphatic rings. The Bertz CT molecular complexity index is 948. The number of nitrogens with zero attached hydrogens (tertiary/aromatic N) is 5. The summed E-state index contributed by atoms with van der Waals surface area (Å²) in [6.07, 6.45) is -4.71. The quantitative estimate of drug-likeness (QED) is 0.628. The van der Waals surface area contributed by atoms with Gasteiger partial charge >= 0.3 is 6.36 Å². The molecule has 3 aliphatic heterocycles. The van der Waals surface area contributed by atoms with Gasteiger partial charge in [0.2, 0.25) is 0 Å². The molecule has 0 spiro atoms. The molecular weight excluding hydrogens is 451 g/mol. The lowest BCUT2D eigenvalue weighted by atomic mass is 10.0. The number of fused-ring (bicyclic) bond motifs is 2. The average Bonchev–Trinajstić information content (AvgIpc) is 3.19. The van der Waals surface area contributed by atoms with Crippen LogP contribution in [0.3, 0.4) is 0 Å². The van der Waals surface area contributed by atoms with E-state index in [2.05, 4.69) is 19.4 Å². The molecule has 2 aromatic rings. The van der Waals surface area contributed by atoms with E-state index in [-0.39, 0.29) is 5.75 Å². The Kier molecular flexibility index (Phi) is 6.70. The molecule has 0 N–H and O–H groups in total. The molecule has 3 fully saturated rings. The molecule has 1 aromatic carbocycles. The summed E-state index contributed by atoms with van der Waals surface area (Å²) in [5, 5.41) is 4.78. The number of rotatable bonds is 6. The highest BCUT2D eigenvalue weighted by atomic mass is 19.4. The predicted octanol–water partition coefficient (Wildman–Crippen LogP) is 2.30. The van der Waals surface area contributed by atoms with E-state index in [1.54, 1.807) is 16.8 Å². The molecule has 5 rings (SSSR count). The van der Waals surface area contributed by atoms with Gasteiger partial charge in [-0.3, -0.25) is 9.80 Å². The third-order valence-electron chi connectivity index (χ3n) is 6.71. The fraction of sp³-hybridized carbons (Fsp3) is 0.609. The molecule has 4 heterocycles. The van der Waals surface area contributed by atoms with E-state index in [0.29, 0.717) is 31.0 Å². The van der Waals surface area contributed by atoms with E-state index < -0.39 is 6.36 Å². The van der Waals surface area contributed by atoms with Crippen molar-refractivity contribution in [3.63, 3.8) is 0 Å². The number of hydrogen-bond acceptors (Lipinski definition) is 7. The molecule has 1 aromatic heterocycles. The summed E-state index contributed by atoms with van der Waals surface area (Å²) in [4.78, 5) is 7.34. The first-order valence-corrected chi connectivity index (χ1v) is 11.7. The van der Waals surface area contributed by atoms with E-state index in [9.17, 15) is 13.2 Å². The van der Waals surface area contributed by atoms with Gasteiger partial charge in [0.1, 0.15) is 5.75 Å². The van der Waals surface area contributed by atoms with Gasteiger partial charge < -0.3 is 19.1 Å². The van der Waals surface area contributed by atoms with Crippen LogP contribution in [0.1, 0.15) is 5.69 Å². The zero-order valence-corrected chi connectivity index (χ0v) is 19.2. The number of anilines is 1. The molecular formula is C23H30F3N5O3. The van der Waals surface area contributed by atoms with Crippen molar-refractivity contribution in [2.24, 2.45) is 0 Å². The lowest BCUT2D eigenvalue weighted by molar-refractivity contribution is -0.274. The number of aryl methyl sites for hydroxylation is 1. The number of benzene rings is 1. The van der Waals surface area contributed by atoms with Crippen molar-refractivity contribution in [2.75, 3.05) is 70.6 Å². The molecule has 3 saturated heterocycles. The number of hydrogen-bond donors (Lipinski definition) is 0. The first-order chi connectivity index (χ1) is 16.4. The Labute approximate surface area is 196 Å². The SMILES string of the molecule is Cc1cc(N2CC3COCC(C2)N3CCN2CCOCC2)nn1-c1ccc(OC(F)(F)F)cc1. The Hall–Kier alpha value is -2.34. The normalized spacial score (nSPS) is 24.4. The first kappa shape index (κ1) is 23.4. The number of aromatic nitrogens is 2. The van der Waals surface area contributed by atoms with Crippen molar-refractivity contribution >= 4 is 5.82 Å². The average molecular weight is 482 g/mol. The maximum Gasteiger partial charge on any atom is 0.573 e. The molecule has 11 heteroatoms. The van der Waals surface area contributed by atoms with Crippen molar-refractivity contribution in [3.8, 4) is 11.4 Å². The molecule has 2 atom stereocenters. The molecule has 0 aliphatic carbocycles. The Morgan fingerprint density at radius 2 is 1.68 bits per heavy atom. The number of alkyl halides is 3. The zero-order valence-electron chi connectivity index (χ0n) is 19.2. The minimum atomic E-state index is -4.71. The molecule has 0 amide bonds. The van der Waals surface area contributed by atoms with Crippen LogP contribution in [0, 0.1) is 6.92 Å². The van der Waals surface area contributed by atoms with Crippen molar-refractivity contribution in [2.45, 2.75) is 25.4 Å². The van der Waals surface area contributed by atoms with Crippen LogP contribution in [0.2, 0.25) is 0 Å². The van der Waals surface area contributed by atoms with Crippen molar-refractivity contribution in [1.82, 2.24) is 19.6 Å². The largest absolute Gasteiger partial charge is 0.573 e. The molecule has 34 heavy (non-hydrogen) atoms. The van der Waals surface area contributed by atoms with Gasteiger partial charge in [-0.15, -0.1) is 13.2 Å². The minimum absolute atomic E-state index is 0.248. The van der Waals surface area contributed by atoms with Gasteiger partial charge in [-0.25, -0.2) is 4.68 Å². The minimum Gasteiger partial charge on any atom is -0.406 e. The number of morpholine rings is 2. The van der Waals surface area contributed by atoms with Crippen LogP contribution in [-0.2, 0) is 9.47 Å². The summed E-state index contributed by atoms with van der Waals surface area (Å²) in [5.41, 5.74) is 1.60. The van der Waals surface area contributed by atoms with E-state index in [4.69, 9.17) is 14.6 Å². The molecule has 186 valence electrons. The predicted molar refractivity (Wildman–Crippen MR) is 120 cm³/mol. The zero-order chi connectivity index (χ0) is 23.7. The van der Waals surface area contributed by atoms with Crippen LogP contribution >= 0.6 is 0 Å². The second-order valence-corrected chi connectivity index (χ2v) is 9.04. The molecule has 0 radical (unpaired) electrons. The highest BCUT2D eigenvalue weighted by Crippen LogP contribution is 2.28. The lowest BCUT2D eigenvalue weighted by Gasteiger charge is -2.50. The molecule has 0 saturated carbocycles. The summed E-state index contributed by atoms with van der Waals surface area (Å²) in [6, 6.07) is 8.40. The van der Waals surface area contributed by atoms with Gasteiger partial charge in [0.05, 0.1) is 44.2 Å². The molecule has 2 bridgehead atoms. The third kappa shape index (κ3) is 5.32. The van der Waals surface area contributed by atoms with Gasteiger partial charge in [-0.05, 0) is 31.2 Å². The van der Waals surface area contributed by atoms with Crippen LogP contribution in [0.25, 0.3) is 5.69 Å². The second kappa shape index (κ2) is 9.73. The van der Waals surface area contributed by atoms with Crippen LogP contribution in [0.5, 0.6) is 5.75 Å². The Morgan fingerprint density at radius 1 is 1.00 bits per heavy atom. The van der Waals surface area contributed by atoms with Gasteiger partial charge in [0, 0.05) is 51.0 Å². The summed E-state index contributed by atoms with van der Waals surface area (Å²) in [6.45, 7) is 10.7. The third-order valence-corrected chi connectivity index (χ3v) is 6.71. The summed E-state index contributed by atoms with van der Waals surface area (Å²) in [7, 11) is 0. The van der Waals surface area contributed by atoms with Crippen LogP contribution in [0.4, 0.5) is 19.0 Å².